The second kappa shape index (κ2) is 8.69. The molecule has 28 heavy (non-hydrogen) atoms. The number of para-hydroxylation sites is 1. The third-order valence-corrected chi connectivity index (χ3v) is 4.78. The molecule has 0 aromatic heterocycles. The summed E-state index contributed by atoms with van der Waals surface area (Å²) in [4.78, 5) is 38.0. The zero-order valence-electron chi connectivity index (χ0n) is 15.8. The zero-order chi connectivity index (χ0) is 20.1. The lowest BCUT2D eigenvalue weighted by atomic mass is 10.0. The summed E-state index contributed by atoms with van der Waals surface area (Å²) in [6.07, 6.45) is 1.02. The Kier molecular flexibility index (Phi) is 6.09. The number of carbonyl (C=O) groups excluding carboxylic acids is 2. The van der Waals surface area contributed by atoms with Crippen molar-refractivity contribution in [1.29, 1.82) is 0 Å². The van der Waals surface area contributed by atoms with Gasteiger partial charge in [-0.1, -0.05) is 25.1 Å². The molecule has 1 aliphatic rings. The van der Waals surface area contributed by atoms with Crippen LogP contribution in [0.15, 0.2) is 48.5 Å². The van der Waals surface area contributed by atoms with Crippen LogP contribution < -0.4 is 9.64 Å². The first kappa shape index (κ1) is 19.6. The highest BCUT2D eigenvalue weighted by molar-refractivity contribution is 6.03. The molecule has 1 atom stereocenters. The van der Waals surface area contributed by atoms with Crippen molar-refractivity contribution in [2.45, 2.75) is 32.1 Å². The molecule has 0 aliphatic carbocycles. The topological polar surface area (TPSA) is 83.9 Å². The predicted octanol–water partition coefficient (Wildman–Crippen LogP) is 3.65. The summed E-state index contributed by atoms with van der Waals surface area (Å²) >= 11 is 0. The molecule has 1 aliphatic heterocycles. The number of carboxylic acids is 1. The summed E-state index contributed by atoms with van der Waals surface area (Å²) in [5.74, 6) is -1.34. The lowest BCUT2D eigenvalue weighted by Gasteiger charge is -2.17. The molecule has 0 saturated carbocycles. The molecule has 0 radical (unpaired) electrons. The van der Waals surface area contributed by atoms with E-state index in [1.165, 1.54) is 4.90 Å². The maximum Gasteiger partial charge on any atom is 0.312 e. The molecule has 6 heteroatoms. The minimum Gasteiger partial charge on any atom is -0.494 e. The van der Waals surface area contributed by atoms with Crippen molar-refractivity contribution in [3.8, 4) is 5.75 Å². The molecule has 1 N–H and O–H groups in total. The van der Waals surface area contributed by atoms with Gasteiger partial charge in [-0.25, -0.2) is 0 Å². The summed E-state index contributed by atoms with van der Waals surface area (Å²) in [5, 5.41) is 9.40. The summed E-state index contributed by atoms with van der Waals surface area (Å²) in [6.45, 7) is 2.74. The van der Waals surface area contributed by atoms with Crippen molar-refractivity contribution in [1.82, 2.24) is 0 Å². The van der Waals surface area contributed by atoms with Crippen LogP contribution in [0.25, 0.3) is 0 Å². The highest BCUT2D eigenvalue weighted by Crippen LogP contribution is 2.36. The molecule has 3 rings (SSSR count). The normalized spacial score (nSPS) is 15.2. The highest BCUT2D eigenvalue weighted by Gasteiger charge is 2.36. The van der Waals surface area contributed by atoms with Crippen LogP contribution in [0.5, 0.6) is 5.75 Å². The molecule has 2 aromatic carbocycles. The fourth-order valence-corrected chi connectivity index (χ4v) is 3.31. The molecular weight excluding hydrogens is 358 g/mol. The average Bonchev–Trinajstić information content (AvgIpc) is 3.11. The van der Waals surface area contributed by atoms with E-state index in [-0.39, 0.29) is 31.1 Å². The summed E-state index contributed by atoms with van der Waals surface area (Å²) in [6, 6.07) is 13.9. The van der Waals surface area contributed by atoms with Crippen molar-refractivity contribution in [2.75, 3.05) is 18.1 Å². The molecule has 1 unspecified atom stereocenters. The Morgan fingerprint density at radius 1 is 1.07 bits per heavy atom. The molecule has 2 aromatic rings. The second-order valence-electron chi connectivity index (χ2n) is 6.75. The molecule has 1 amide bonds. The number of ether oxygens (including phenoxy) is 1. The van der Waals surface area contributed by atoms with E-state index in [4.69, 9.17) is 4.74 Å². The molecule has 146 valence electrons. The van der Waals surface area contributed by atoms with Gasteiger partial charge >= 0.3 is 5.97 Å². The van der Waals surface area contributed by atoms with E-state index >= 15 is 0 Å². The first-order valence-corrected chi connectivity index (χ1v) is 9.39. The van der Waals surface area contributed by atoms with E-state index in [9.17, 15) is 19.5 Å². The number of amides is 1. The van der Waals surface area contributed by atoms with Gasteiger partial charge in [-0.15, -0.1) is 0 Å². The number of Topliss-reactive ketones (excluding diaryl/α,β-unsaturated/α-hetero) is 1. The van der Waals surface area contributed by atoms with Gasteiger partial charge in [0.05, 0.1) is 6.61 Å². The minimum atomic E-state index is -0.954. The van der Waals surface area contributed by atoms with Crippen molar-refractivity contribution < 1.29 is 24.2 Å². The Hall–Kier alpha value is -3.15. The van der Waals surface area contributed by atoms with Gasteiger partial charge in [0.15, 0.2) is 5.78 Å². The molecule has 0 saturated heterocycles. The SMILES string of the molecule is CCCOc1ccc(C(=O)CCC(=O)N2CC(C(=O)O)c3ccccc32)cc1. The van der Waals surface area contributed by atoms with E-state index in [1.807, 2.05) is 6.92 Å². The highest BCUT2D eigenvalue weighted by atomic mass is 16.5. The number of anilines is 1. The van der Waals surface area contributed by atoms with Crippen LogP contribution in [-0.4, -0.2) is 35.9 Å². The van der Waals surface area contributed by atoms with Crippen LogP contribution in [0.4, 0.5) is 5.69 Å². The number of ketones is 1. The standard InChI is InChI=1S/C22H23NO5/c1-2-13-28-16-9-7-15(8-10-16)20(24)11-12-21(25)23-14-18(22(26)27)17-5-3-4-6-19(17)23/h3-10,18H,2,11-14H2,1H3,(H,26,27). The Balaban J connectivity index is 1.61. The maximum absolute atomic E-state index is 12.6. The number of rotatable bonds is 8. The number of fused-ring (bicyclic) bond motifs is 1. The van der Waals surface area contributed by atoms with Crippen molar-refractivity contribution in [3.05, 3.63) is 59.7 Å². The van der Waals surface area contributed by atoms with Crippen LogP contribution in [0.1, 0.15) is 48.0 Å². The number of hydrogen-bond donors (Lipinski definition) is 1. The number of carboxylic acid groups (broad SMARTS) is 1. The van der Waals surface area contributed by atoms with Crippen molar-refractivity contribution >= 4 is 23.3 Å². The first-order chi connectivity index (χ1) is 13.5. The van der Waals surface area contributed by atoms with Gasteiger partial charge in [-0.2, -0.15) is 0 Å². The quantitative estimate of drug-likeness (QED) is 0.706. The summed E-state index contributed by atoms with van der Waals surface area (Å²) in [7, 11) is 0. The Labute approximate surface area is 163 Å². The monoisotopic (exact) mass is 381 g/mol. The molecule has 0 spiro atoms. The molecule has 1 heterocycles. The number of nitrogens with zero attached hydrogens (tertiary/aromatic N) is 1. The lowest BCUT2D eigenvalue weighted by Crippen LogP contribution is -2.31. The second-order valence-corrected chi connectivity index (χ2v) is 6.75. The number of carbonyl (C=O) groups is 3. The van der Waals surface area contributed by atoms with E-state index in [2.05, 4.69) is 0 Å². The minimum absolute atomic E-state index is 0.0353. The Morgan fingerprint density at radius 3 is 2.46 bits per heavy atom. The van der Waals surface area contributed by atoms with Gasteiger partial charge in [0.1, 0.15) is 11.7 Å². The fourth-order valence-electron chi connectivity index (χ4n) is 3.31. The van der Waals surface area contributed by atoms with Crippen LogP contribution in [0, 0.1) is 0 Å². The van der Waals surface area contributed by atoms with Crippen LogP contribution >= 0.6 is 0 Å². The molecule has 6 nitrogen and oxygen atoms in total. The first-order valence-electron chi connectivity index (χ1n) is 9.39. The van der Waals surface area contributed by atoms with Gasteiger partial charge in [-0.3, -0.25) is 14.4 Å². The Bertz CT molecular complexity index is 875. The largest absolute Gasteiger partial charge is 0.494 e. The Morgan fingerprint density at radius 2 is 1.79 bits per heavy atom. The van der Waals surface area contributed by atoms with Gasteiger partial charge in [0.2, 0.25) is 5.91 Å². The fraction of sp³-hybridized carbons (Fsp3) is 0.318. The number of hydrogen-bond acceptors (Lipinski definition) is 4. The average molecular weight is 381 g/mol. The lowest BCUT2D eigenvalue weighted by molar-refractivity contribution is -0.138. The van der Waals surface area contributed by atoms with Crippen LogP contribution in [-0.2, 0) is 9.59 Å². The zero-order valence-corrected chi connectivity index (χ0v) is 15.8. The van der Waals surface area contributed by atoms with Crippen LogP contribution in [0.2, 0.25) is 0 Å². The van der Waals surface area contributed by atoms with E-state index in [0.29, 0.717) is 29.2 Å². The maximum atomic E-state index is 12.6. The van der Waals surface area contributed by atoms with Gasteiger partial charge < -0.3 is 14.7 Å². The van der Waals surface area contributed by atoms with Gasteiger partial charge in [0.25, 0.3) is 0 Å². The van der Waals surface area contributed by atoms with Gasteiger partial charge in [-0.05, 0) is 42.3 Å². The number of benzene rings is 2. The summed E-state index contributed by atoms with van der Waals surface area (Å²) < 4.78 is 5.50. The third kappa shape index (κ3) is 4.22. The number of aliphatic carboxylic acids is 1. The summed E-state index contributed by atoms with van der Waals surface area (Å²) in [5.41, 5.74) is 1.78. The van der Waals surface area contributed by atoms with Crippen molar-refractivity contribution in [3.63, 3.8) is 0 Å². The van der Waals surface area contributed by atoms with E-state index in [0.717, 1.165) is 6.42 Å². The van der Waals surface area contributed by atoms with E-state index < -0.39 is 11.9 Å². The van der Waals surface area contributed by atoms with Crippen molar-refractivity contribution in [2.24, 2.45) is 0 Å². The predicted molar refractivity (Wildman–Crippen MR) is 105 cm³/mol. The van der Waals surface area contributed by atoms with Gasteiger partial charge in [0, 0.05) is 30.6 Å². The van der Waals surface area contributed by atoms with E-state index in [1.54, 1.807) is 48.5 Å². The molecular formula is C22H23NO5. The molecule has 0 bridgehead atoms. The molecule has 0 fully saturated rings. The van der Waals surface area contributed by atoms with Crippen LogP contribution in [0.3, 0.4) is 0 Å². The third-order valence-electron chi connectivity index (χ3n) is 4.78. The smallest absolute Gasteiger partial charge is 0.312 e.